The van der Waals surface area contributed by atoms with E-state index in [2.05, 4.69) is 26.7 Å². The SMILES string of the molecule is N#Cc1c[nH]c2nc(Nc3ccc(N4CCCC4=O)c4c3OCCO4)nc(NC3CCCCC3)c12. The zero-order valence-electron chi connectivity index (χ0n) is 19.4. The molecule has 1 amide bonds. The Hall–Kier alpha value is -4.00. The third kappa shape index (κ3) is 3.97. The van der Waals surface area contributed by atoms with Crippen LogP contribution < -0.4 is 25.0 Å². The van der Waals surface area contributed by atoms with Crippen molar-refractivity contribution >= 4 is 40.1 Å². The van der Waals surface area contributed by atoms with Gasteiger partial charge < -0.3 is 30.0 Å². The van der Waals surface area contributed by atoms with Crippen molar-refractivity contribution in [2.45, 2.75) is 51.0 Å². The number of fused-ring (bicyclic) bond motifs is 2. The number of nitriles is 1. The number of nitrogens with zero attached hydrogens (tertiary/aromatic N) is 4. The van der Waals surface area contributed by atoms with Crippen LogP contribution in [0.2, 0.25) is 0 Å². The molecule has 2 fully saturated rings. The molecule has 1 saturated heterocycles. The third-order valence-corrected chi connectivity index (χ3v) is 6.88. The number of ether oxygens (including phenoxy) is 2. The largest absolute Gasteiger partial charge is 0.484 e. The molecule has 3 N–H and O–H groups in total. The van der Waals surface area contributed by atoms with Crippen LogP contribution in [0.3, 0.4) is 0 Å². The summed E-state index contributed by atoms with van der Waals surface area (Å²) in [5.41, 5.74) is 2.48. The van der Waals surface area contributed by atoms with E-state index in [-0.39, 0.29) is 5.91 Å². The van der Waals surface area contributed by atoms with Gasteiger partial charge >= 0.3 is 0 Å². The first-order valence-corrected chi connectivity index (χ1v) is 12.3. The van der Waals surface area contributed by atoms with E-state index < -0.39 is 0 Å². The molecule has 180 valence electrons. The van der Waals surface area contributed by atoms with Crippen LogP contribution >= 0.6 is 0 Å². The molecule has 0 spiro atoms. The maximum Gasteiger partial charge on any atom is 0.231 e. The molecule has 3 aliphatic rings. The maximum atomic E-state index is 12.3. The molecule has 1 saturated carbocycles. The molecule has 4 heterocycles. The van der Waals surface area contributed by atoms with E-state index in [0.29, 0.717) is 77.8 Å². The van der Waals surface area contributed by atoms with Gasteiger partial charge in [0.15, 0.2) is 11.5 Å². The number of aromatic amines is 1. The molecule has 1 aliphatic carbocycles. The van der Waals surface area contributed by atoms with Crippen molar-refractivity contribution in [2.24, 2.45) is 0 Å². The van der Waals surface area contributed by atoms with Crippen molar-refractivity contribution in [1.29, 1.82) is 5.26 Å². The molecule has 10 nitrogen and oxygen atoms in total. The maximum absolute atomic E-state index is 12.3. The van der Waals surface area contributed by atoms with Gasteiger partial charge in [0.2, 0.25) is 11.9 Å². The van der Waals surface area contributed by atoms with Gasteiger partial charge in [-0.15, -0.1) is 0 Å². The minimum atomic E-state index is 0.0920. The van der Waals surface area contributed by atoms with E-state index in [0.717, 1.165) is 24.9 Å². The van der Waals surface area contributed by atoms with Crippen molar-refractivity contribution in [1.82, 2.24) is 15.0 Å². The van der Waals surface area contributed by atoms with Gasteiger partial charge in [0.25, 0.3) is 0 Å². The average molecular weight is 474 g/mol. The van der Waals surface area contributed by atoms with E-state index in [1.807, 2.05) is 12.1 Å². The summed E-state index contributed by atoms with van der Waals surface area (Å²) in [5.74, 6) is 2.22. The van der Waals surface area contributed by atoms with E-state index in [1.54, 1.807) is 11.1 Å². The topological polar surface area (TPSA) is 128 Å². The van der Waals surface area contributed by atoms with Gasteiger partial charge in [-0.3, -0.25) is 4.79 Å². The number of rotatable bonds is 5. The fourth-order valence-corrected chi connectivity index (χ4v) is 5.18. The van der Waals surface area contributed by atoms with Gasteiger partial charge in [-0.2, -0.15) is 15.2 Å². The number of aromatic nitrogens is 3. The van der Waals surface area contributed by atoms with Gasteiger partial charge in [-0.25, -0.2) is 0 Å². The molecule has 0 unspecified atom stereocenters. The summed E-state index contributed by atoms with van der Waals surface area (Å²) in [4.78, 5) is 26.6. The molecule has 10 heteroatoms. The molecular weight excluding hydrogens is 446 g/mol. The van der Waals surface area contributed by atoms with Crippen LogP contribution in [0.4, 0.5) is 23.1 Å². The Balaban J connectivity index is 1.37. The number of H-pyrrole nitrogens is 1. The first-order valence-electron chi connectivity index (χ1n) is 12.3. The molecule has 6 rings (SSSR count). The van der Waals surface area contributed by atoms with E-state index in [9.17, 15) is 10.1 Å². The van der Waals surface area contributed by atoms with Gasteiger partial charge in [0, 0.05) is 25.2 Å². The number of benzene rings is 1. The van der Waals surface area contributed by atoms with Crippen molar-refractivity contribution in [3.63, 3.8) is 0 Å². The van der Waals surface area contributed by atoms with Gasteiger partial charge in [0.1, 0.15) is 30.7 Å². The number of hydrogen-bond donors (Lipinski definition) is 3. The van der Waals surface area contributed by atoms with E-state index in [1.165, 1.54) is 19.3 Å². The van der Waals surface area contributed by atoms with Crippen molar-refractivity contribution in [2.75, 3.05) is 35.3 Å². The lowest BCUT2D eigenvalue weighted by atomic mass is 9.95. The predicted octanol–water partition coefficient (Wildman–Crippen LogP) is 4.22. The molecule has 2 aromatic heterocycles. The third-order valence-electron chi connectivity index (χ3n) is 6.88. The number of nitrogens with one attached hydrogen (secondary N) is 3. The molecule has 1 aromatic carbocycles. The molecule has 0 bridgehead atoms. The van der Waals surface area contributed by atoms with Crippen molar-refractivity contribution in [3.8, 4) is 17.6 Å². The zero-order chi connectivity index (χ0) is 23.8. The fourth-order valence-electron chi connectivity index (χ4n) is 5.18. The van der Waals surface area contributed by atoms with Gasteiger partial charge in [0.05, 0.1) is 22.3 Å². The Morgan fingerprint density at radius 1 is 1.09 bits per heavy atom. The fraction of sp³-hybridized carbons (Fsp3) is 0.440. The normalized spacial score (nSPS) is 18.0. The van der Waals surface area contributed by atoms with Crippen LogP contribution in [-0.4, -0.2) is 46.7 Å². The molecule has 0 atom stereocenters. The summed E-state index contributed by atoms with van der Waals surface area (Å²) in [6, 6.07) is 6.29. The van der Waals surface area contributed by atoms with Gasteiger partial charge in [-0.05, 0) is 31.4 Å². The highest BCUT2D eigenvalue weighted by molar-refractivity contribution is 5.98. The minimum absolute atomic E-state index is 0.0920. The highest BCUT2D eigenvalue weighted by Gasteiger charge is 2.29. The molecule has 35 heavy (non-hydrogen) atoms. The number of amides is 1. The predicted molar refractivity (Wildman–Crippen MR) is 131 cm³/mol. The second kappa shape index (κ2) is 8.98. The lowest BCUT2D eigenvalue weighted by Gasteiger charge is -2.27. The van der Waals surface area contributed by atoms with Crippen LogP contribution in [-0.2, 0) is 4.79 Å². The number of anilines is 4. The Kier molecular flexibility index (Phi) is 5.52. The second-order valence-electron chi connectivity index (χ2n) is 9.17. The Morgan fingerprint density at radius 3 is 2.69 bits per heavy atom. The summed E-state index contributed by atoms with van der Waals surface area (Å²) in [7, 11) is 0. The Bertz CT molecular complexity index is 1320. The number of carbonyl (C=O) groups excluding carboxylic acids is 1. The van der Waals surface area contributed by atoms with Gasteiger partial charge in [-0.1, -0.05) is 19.3 Å². The van der Waals surface area contributed by atoms with Crippen LogP contribution in [0.15, 0.2) is 18.3 Å². The highest BCUT2D eigenvalue weighted by Crippen LogP contribution is 2.46. The zero-order valence-corrected chi connectivity index (χ0v) is 19.4. The van der Waals surface area contributed by atoms with Crippen molar-refractivity contribution in [3.05, 3.63) is 23.9 Å². The average Bonchev–Trinajstić information content (AvgIpc) is 3.51. The minimum Gasteiger partial charge on any atom is -0.484 e. The van der Waals surface area contributed by atoms with Crippen LogP contribution in [0.5, 0.6) is 11.5 Å². The summed E-state index contributed by atoms with van der Waals surface area (Å²) in [6.07, 6.45) is 8.82. The summed E-state index contributed by atoms with van der Waals surface area (Å²) >= 11 is 0. The Labute approximate surface area is 202 Å². The highest BCUT2D eigenvalue weighted by atomic mass is 16.6. The molecule has 3 aromatic rings. The monoisotopic (exact) mass is 473 g/mol. The van der Waals surface area contributed by atoms with Crippen LogP contribution in [0.1, 0.15) is 50.5 Å². The number of hydrogen-bond acceptors (Lipinski definition) is 8. The lowest BCUT2D eigenvalue weighted by molar-refractivity contribution is -0.117. The van der Waals surface area contributed by atoms with Crippen molar-refractivity contribution < 1.29 is 14.3 Å². The number of carbonyl (C=O) groups is 1. The Morgan fingerprint density at radius 2 is 1.91 bits per heavy atom. The standard InChI is InChI=1S/C25H27N7O3/c26-13-15-14-27-23-20(15)24(28-16-5-2-1-3-6-16)31-25(30-23)29-17-8-9-18(32-10-4-7-19(32)33)22-21(17)34-11-12-35-22/h8-9,14,16H,1-7,10-12H2,(H3,27,28,29,30,31). The lowest BCUT2D eigenvalue weighted by Crippen LogP contribution is -2.26. The first-order chi connectivity index (χ1) is 17.2. The molecule has 2 aliphatic heterocycles. The smallest absolute Gasteiger partial charge is 0.231 e. The van der Waals surface area contributed by atoms with E-state index in [4.69, 9.17) is 14.5 Å². The van der Waals surface area contributed by atoms with Crippen LogP contribution in [0, 0.1) is 11.3 Å². The first kappa shape index (κ1) is 21.5. The summed E-state index contributed by atoms with van der Waals surface area (Å²) in [5, 5.41) is 17.1. The summed E-state index contributed by atoms with van der Waals surface area (Å²) < 4.78 is 11.9. The quantitative estimate of drug-likeness (QED) is 0.503. The molecule has 0 radical (unpaired) electrons. The van der Waals surface area contributed by atoms with Crippen LogP contribution in [0.25, 0.3) is 11.0 Å². The second-order valence-corrected chi connectivity index (χ2v) is 9.17. The van der Waals surface area contributed by atoms with E-state index >= 15 is 0 Å². The molecular formula is C25H27N7O3. The summed E-state index contributed by atoms with van der Waals surface area (Å²) in [6.45, 7) is 1.50.